The highest BCUT2D eigenvalue weighted by Crippen LogP contribution is 2.18. The number of amides is 2. The van der Waals surface area contributed by atoms with Gasteiger partial charge in [-0.1, -0.05) is 24.3 Å². The fourth-order valence-electron chi connectivity index (χ4n) is 2.10. The maximum Gasteiger partial charge on any atom is 0.319 e. The number of anilines is 1. The molecule has 2 amide bonds. The molecule has 2 aromatic carbocycles. The van der Waals surface area contributed by atoms with Crippen molar-refractivity contribution < 1.29 is 13.6 Å². The molecule has 2 aromatic rings. The Morgan fingerprint density at radius 1 is 1.14 bits per heavy atom. The van der Waals surface area contributed by atoms with E-state index < -0.39 is 17.7 Å². The van der Waals surface area contributed by atoms with Crippen molar-refractivity contribution in [3.8, 4) is 0 Å². The normalized spacial score (nSPS) is 11.8. The molecule has 3 nitrogen and oxygen atoms in total. The number of halogens is 2. The average molecular weight is 290 g/mol. The number of urea groups is 1. The molecule has 21 heavy (non-hydrogen) atoms. The monoisotopic (exact) mass is 290 g/mol. The van der Waals surface area contributed by atoms with Gasteiger partial charge in [0.25, 0.3) is 0 Å². The largest absolute Gasteiger partial charge is 0.331 e. The first kappa shape index (κ1) is 15.0. The summed E-state index contributed by atoms with van der Waals surface area (Å²) < 4.78 is 26.2. The van der Waals surface area contributed by atoms with Gasteiger partial charge in [0.1, 0.15) is 11.6 Å². The first-order chi connectivity index (χ1) is 9.97. The molecule has 0 spiro atoms. The Hall–Kier alpha value is -2.43. The maximum atomic E-state index is 13.5. The third-order valence-corrected chi connectivity index (χ3v) is 3.18. The zero-order valence-corrected chi connectivity index (χ0v) is 11.8. The van der Waals surface area contributed by atoms with Gasteiger partial charge in [0.05, 0.1) is 11.7 Å². The summed E-state index contributed by atoms with van der Waals surface area (Å²) in [5, 5.41) is 5.08. The lowest BCUT2D eigenvalue weighted by atomic mass is 10.0. The summed E-state index contributed by atoms with van der Waals surface area (Å²) >= 11 is 0. The zero-order valence-electron chi connectivity index (χ0n) is 11.8. The van der Waals surface area contributed by atoms with E-state index >= 15 is 0 Å². The molecule has 0 aromatic heterocycles. The molecule has 2 N–H and O–H groups in total. The van der Waals surface area contributed by atoms with Gasteiger partial charge >= 0.3 is 6.03 Å². The summed E-state index contributed by atoms with van der Waals surface area (Å²) in [5.41, 5.74) is 1.97. The summed E-state index contributed by atoms with van der Waals surface area (Å²) in [4.78, 5) is 11.9. The van der Waals surface area contributed by atoms with Gasteiger partial charge in [0.2, 0.25) is 0 Å². The third kappa shape index (κ3) is 3.78. The molecule has 0 fully saturated rings. The van der Waals surface area contributed by atoms with Crippen LogP contribution in [0.1, 0.15) is 24.1 Å². The van der Waals surface area contributed by atoms with Crippen molar-refractivity contribution in [3.05, 3.63) is 65.2 Å². The predicted molar refractivity (Wildman–Crippen MR) is 78.1 cm³/mol. The van der Waals surface area contributed by atoms with Gasteiger partial charge in [-0.15, -0.1) is 0 Å². The van der Waals surface area contributed by atoms with Gasteiger partial charge < -0.3 is 10.6 Å². The van der Waals surface area contributed by atoms with Crippen LogP contribution in [0.2, 0.25) is 0 Å². The standard InChI is InChI=1S/C16H16F2N2O/c1-10-5-3-4-6-13(10)11(2)19-16(21)20-15-8-7-12(17)9-14(15)18/h3-9,11H,1-2H3,(H2,19,20,21). The van der Waals surface area contributed by atoms with Crippen molar-refractivity contribution in [1.82, 2.24) is 5.32 Å². The first-order valence-corrected chi connectivity index (χ1v) is 6.55. The minimum absolute atomic E-state index is 0.0640. The van der Waals surface area contributed by atoms with E-state index in [-0.39, 0.29) is 11.7 Å². The summed E-state index contributed by atoms with van der Waals surface area (Å²) in [6.45, 7) is 3.79. The molecule has 0 saturated carbocycles. The lowest BCUT2D eigenvalue weighted by molar-refractivity contribution is 0.249. The minimum Gasteiger partial charge on any atom is -0.331 e. The van der Waals surface area contributed by atoms with Crippen LogP contribution < -0.4 is 10.6 Å². The Balaban J connectivity index is 2.03. The lowest BCUT2D eigenvalue weighted by Crippen LogP contribution is -2.31. The number of hydrogen-bond acceptors (Lipinski definition) is 1. The van der Waals surface area contributed by atoms with Crippen LogP contribution in [-0.2, 0) is 0 Å². The molecule has 0 saturated heterocycles. The molecule has 0 bridgehead atoms. The fraction of sp³-hybridized carbons (Fsp3) is 0.188. The molecule has 0 aliphatic heterocycles. The van der Waals surface area contributed by atoms with Crippen molar-refractivity contribution in [2.75, 3.05) is 5.32 Å². The van der Waals surface area contributed by atoms with Crippen molar-refractivity contribution in [3.63, 3.8) is 0 Å². The number of hydrogen-bond donors (Lipinski definition) is 2. The van der Waals surface area contributed by atoms with Crippen LogP contribution in [0.25, 0.3) is 0 Å². The van der Waals surface area contributed by atoms with E-state index in [1.54, 1.807) is 0 Å². The molecule has 110 valence electrons. The molecule has 0 heterocycles. The number of carbonyl (C=O) groups is 1. The maximum absolute atomic E-state index is 13.5. The second-order valence-corrected chi connectivity index (χ2v) is 4.80. The van der Waals surface area contributed by atoms with Gasteiger partial charge in [-0.05, 0) is 37.1 Å². The lowest BCUT2D eigenvalue weighted by Gasteiger charge is -2.17. The number of carbonyl (C=O) groups excluding carboxylic acids is 1. The molecule has 0 aliphatic rings. The Morgan fingerprint density at radius 2 is 1.86 bits per heavy atom. The van der Waals surface area contributed by atoms with Crippen molar-refractivity contribution in [2.45, 2.75) is 19.9 Å². The Labute approximate surface area is 122 Å². The average Bonchev–Trinajstić information content (AvgIpc) is 2.42. The minimum atomic E-state index is -0.811. The number of aryl methyl sites for hydroxylation is 1. The molecule has 2 rings (SSSR count). The van der Waals surface area contributed by atoms with Crippen molar-refractivity contribution in [2.24, 2.45) is 0 Å². The van der Waals surface area contributed by atoms with Crippen LogP contribution in [-0.4, -0.2) is 6.03 Å². The van der Waals surface area contributed by atoms with Crippen molar-refractivity contribution in [1.29, 1.82) is 0 Å². The van der Waals surface area contributed by atoms with Gasteiger partial charge in [0, 0.05) is 6.07 Å². The Morgan fingerprint density at radius 3 is 2.52 bits per heavy atom. The summed E-state index contributed by atoms with van der Waals surface area (Å²) in [6, 6.07) is 9.89. The van der Waals surface area contributed by atoms with E-state index in [0.29, 0.717) is 0 Å². The van der Waals surface area contributed by atoms with Crippen LogP contribution in [0.4, 0.5) is 19.3 Å². The molecule has 1 unspecified atom stereocenters. The summed E-state index contributed by atoms with van der Waals surface area (Å²) in [7, 11) is 0. The smallest absolute Gasteiger partial charge is 0.319 e. The molecule has 5 heteroatoms. The van der Waals surface area contributed by atoms with E-state index in [2.05, 4.69) is 10.6 Å². The van der Waals surface area contributed by atoms with E-state index in [1.807, 2.05) is 38.1 Å². The van der Waals surface area contributed by atoms with Crippen molar-refractivity contribution >= 4 is 11.7 Å². The second kappa shape index (κ2) is 6.35. The second-order valence-electron chi connectivity index (χ2n) is 4.80. The van der Waals surface area contributed by atoms with E-state index in [1.165, 1.54) is 6.07 Å². The highest BCUT2D eigenvalue weighted by Gasteiger charge is 2.13. The van der Waals surface area contributed by atoms with Gasteiger partial charge in [0.15, 0.2) is 0 Å². The number of rotatable bonds is 3. The van der Waals surface area contributed by atoms with E-state index in [4.69, 9.17) is 0 Å². The van der Waals surface area contributed by atoms with E-state index in [9.17, 15) is 13.6 Å². The van der Waals surface area contributed by atoms with Crippen LogP contribution in [0.3, 0.4) is 0 Å². The Bertz CT molecular complexity index is 658. The predicted octanol–water partition coefficient (Wildman–Crippen LogP) is 4.16. The van der Waals surface area contributed by atoms with E-state index in [0.717, 1.165) is 23.3 Å². The molecule has 0 aliphatic carbocycles. The van der Waals surface area contributed by atoms with Crippen LogP contribution >= 0.6 is 0 Å². The topological polar surface area (TPSA) is 41.1 Å². The van der Waals surface area contributed by atoms with Crippen LogP contribution in [0.15, 0.2) is 42.5 Å². The van der Waals surface area contributed by atoms with Crippen LogP contribution in [0.5, 0.6) is 0 Å². The number of benzene rings is 2. The Kier molecular flexibility index (Phi) is 4.52. The third-order valence-electron chi connectivity index (χ3n) is 3.18. The highest BCUT2D eigenvalue weighted by molar-refractivity contribution is 5.89. The first-order valence-electron chi connectivity index (χ1n) is 6.55. The zero-order chi connectivity index (χ0) is 15.4. The summed E-state index contributed by atoms with van der Waals surface area (Å²) in [5.74, 6) is -1.50. The molecular formula is C16H16F2N2O. The SMILES string of the molecule is Cc1ccccc1C(C)NC(=O)Nc1ccc(F)cc1F. The number of nitrogens with one attached hydrogen (secondary N) is 2. The van der Waals surface area contributed by atoms with Gasteiger partial charge in [-0.25, -0.2) is 13.6 Å². The quantitative estimate of drug-likeness (QED) is 0.875. The van der Waals surface area contributed by atoms with Crippen LogP contribution in [0, 0.1) is 18.6 Å². The molecule has 0 radical (unpaired) electrons. The molecular weight excluding hydrogens is 274 g/mol. The molecule has 1 atom stereocenters. The van der Waals surface area contributed by atoms with Gasteiger partial charge in [-0.2, -0.15) is 0 Å². The summed E-state index contributed by atoms with van der Waals surface area (Å²) in [6.07, 6.45) is 0. The van der Waals surface area contributed by atoms with Gasteiger partial charge in [-0.3, -0.25) is 0 Å². The fourth-order valence-corrected chi connectivity index (χ4v) is 2.10. The highest BCUT2D eigenvalue weighted by atomic mass is 19.1.